The maximum Gasteiger partial charge on any atom is 0.469 e. The van der Waals surface area contributed by atoms with Gasteiger partial charge in [0.25, 0.3) is 0 Å². The van der Waals surface area contributed by atoms with E-state index in [0.29, 0.717) is 26.3 Å². The van der Waals surface area contributed by atoms with Crippen molar-refractivity contribution in [1.82, 2.24) is 4.90 Å². The van der Waals surface area contributed by atoms with Gasteiger partial charge in [-0.05, 0) is 0 Å². The average molecular weight is 544 g/mol. The number of aliphatic carboxylic acids is 2. The molecule has 34 heavy (non-hydrogen) atoms. The molecule has 0 amide bonds. The maximum atomic E-state index is 11.2. The van der Waals surface area contributed by atoms with Crippen molar-refractivity contribution in [2.45, 2.75) is 24.3 Å². The van der Waals surface area contributed by atoms with Crippen LogP contribution in [0.2, 0.25) is 0 Å². The molecule has 20 heteroatoms. The predicted octanol–water partition coefficient (Wildman–Crippen LogP) is -3.87. The van der Waals surface area contributed by atoms with E-state index in [0.717, 1.165) is 0 Å². The van der Waals surface area contributed by atoms with E-state index in [1.807, 2.05) is 0 Å². The molecule has 0 aromatic carbocycles. The molecule has 4 unspecified atom stereocenters. The van der Waals surface area contributed by atoms with Crippen molar-refractivity contribution < 1.29 is 77.2 Å². The Bertz CT molecular complexity index is 690. The van der Waals surface area contributed by atoms with Gasteiger partial charge in [-0.3, -0.25) is 23.5 Å². The monoisotopic (exact) mass is 544 g/mol. The SMILES string of the molecule is NC(COP(=O)(O)O)C(=O)O.O=C(O)C(COP(=O)(O)O)N(CC1CO1)CC1CO1.OCCO. The number of aliphatic hydroxyl groups excluding tert-OH is 2. The molecule has 0 radical (unpaired) electrons. The number of ether oxygens (including phenoxy) is 2. The molecule has 202 valence electrons. The number of carbonyl (C=O) groups is 2. The van der Waals surface area contributed by atoms with E-state index in [4.69, 9.17) is 55.2 Å². The number of phosphoric ester groups is 2. The summed E-state index contributed by atoms with van der Waals surface area (Å²) in [4.78, 5) is 56.2. The normalized spacial score (nSPS) is 20.8. The number of carboxylic acids is 2. The Hall–Kier alpha value is -1.08. The molecule has 2 aliphatic heterocycles. The highest BCUT2D eigenvalue weighted by Crippen LogP contribution is 2.36. The fourth-order valence-electron chi connectivity index (χ4n) is 1.95. The van der Waals surface area contributed by atoms with Crippen molar-refractivity contribution in [3.8, 4) is 0 Å². The first kappa shape index (κ1) is 32.9. The van der Waals surface area contributed by atoms with Crippen LogP contribution in [-0.2, 0) is 37.2 Å². The summed E-state index contributed by atoms with van der Waals surface area (Å²) in [5, 5.41) is 32.5. The van der Waals surface area contributed by atoms with E-state index in [2.05, 4.69) is 9.05 Å². The van der Waals surface area contributed by atoms with Gasteiger partial charge >= 0.3 is 27.6 Å². The number of carboxylic acid groups (broad SMARTS) is 2. The van der Waals surface area contributed by atoms with Gasteiger partial charge in [-0.2, -0.15) is 0 Å². The summed E-state index contributed by atoms with van der Waals surface area (Å²) < 4.78 is 38.8. The standard InChI is InChI=1S/C9H16NO8P.C3H8NO6P.C2H6O2/c11-9(12)8(5-18-19(13,14)15)10(1-6-3-16-6)2-7-4-17-7;4-2(3(5)6)1-10-11(7,8)9;3-1-2-4/h6-8H,1-5H2,(H,11,12)(H2,13,14,15);2H,1,4H2,(H,5,6)(H2,7,8,9);3-4H,1-2H2. The molecule has 0 bridgehead atoms. The number of phosphoric acid groups is 2. The smallest absolute Gasteiger partial charge is 0.469 e. The van der Waals surface area contributed by atoms with E-state index in [1.54, 1.807) is 4.90 Å². The van der Waals surface area contributed by atoms with Gasteiger partial charge in [0.15, 0.2) is 0 Å². The maximum absolute atomic E-state index is 11.2. The summed E-state index contributed by atoms with van der Waals surface area (Å²) in [5.41, 5.74) is 4.86. The molecule has 10 N–H and O–H groups in total. The van der Waals surface area contributed by atoms with Gasteiger partial charge in [-0.25, -0.2) is 9.13 Å². The Morgan fingerprint density at radius 2 is 1.26 bits per heavy atom. The van der Waals surface area contributed by atoms with Crippen LogP contribution in [0, 0.1) is 0 Å². The van der Waals surface area contributed by atoms with E-state index in [-0.39, 0.29) is 25.4 Å². The van der Waals surface area contributed by atoms with Crippen LogP contribution in [0.1, 0.15) is 0 Å². The van der Waals surface area contributed by atoms with Gasteiger partial charge in [0.2, 0.25) is 0 Å². The van der Waals surface area contributed by atoms with Crippen LogP contribution in [0.25, 0.3) is 0 Å². The van der Waals surface area contributed by atoms with Crippen LogP contribution in [-0.4, -0.2) is 134 Å². The van der Waals surface area contributed by atoms with Gasteiger partial charge in [0, 0.05) is 13.1 Å². The minimum Gasteiger partial charge on any atom is -0.480 e. The average Bonchev–Trinajstić information content (AvgIpc) is 3.62. The quantitative estimate of drug-likeness (QED) is 0.0746. The van der Waals surface area contributed by atoms with Gasteiger partial charge in [0.1, 0.15) is 12.1 Å². The molecular weight excluding hydrogens is 514 g/mol. The number of epoxide rings is 2. The first-order valence-corrected chi connectivity index (χ1v) is 12.5. The molecule has 0 aromatic heterocycles. The molecule has 2 heterocycles. The van der Waals surface area contributed by atoms with Crippen LogP contribution >= 0.6 is 15.6 Å². The van der Waals surface area contributed by atoms with Crippen molar-refractivity contribution in [3.05, 3.63) is 0 Å². The lowest BCUT2D eigenvalue weighted by Crippen LogP contribution is -2.47. The lowest BCUT2D eigenvalue weighted by Gasteiger charge is -2.27. The third-order valence-corrected chi connectivity index (χ3v) is 4.62. The molecule has 0 aliphatic carbocycles. The highest BCUT2D eigenvalue weighted by molar-refractivity contribution is 7.46. The van der Waals surface area contributed by atoms with Gasteiger partial charge in [-0.15, -0.1) is 0 Å². The Labute approximate surface area is 193 Å². The number of hydrogen-bond donors (Lipinski definition) is 9. The summed E-state index contributed by atoms with van der Waals surface area (Å²) in [6.45, 7) is 0.336. The second kappa shape index (κ2) is 15.8. The molecule has 0 saturated carbocycles. The van der Waals surface area contributed by atoms with Crippen LogP contribution in [0.3, 0.4) is 0 Å². The molecule has 2 rings (SSSR count). The topological polar surface area (TPSA) is 303 Å². The van der Waals surface area contributed by atoms with Crippen molar-refractivity contribution >= 4 is 27.6 Å². The van der Waals surface area contributed by atoms with Crippen LogP contribution in [0.5, 0.6) is 0 Å². The summed E-state index contributed by atoms with van der Waals surface area (Å²) in [6.07, 6.45) is -0.0636. The van der Waals surface area contributed by atoms with Crippen molar-refractivity contribution in [2.75, 3.05) is 52.7 Å². The zero-order chi connectivity index (χ0) is 26.5. The molecule has 0 spiro atoms. The summed E-state index contributed by atoms with van der Waals surface area (Å²) in [7, 11) is -9.29. The van der Waals surface area contributed by atoms with Crippen molar-refractivity contribution in [3.63, 3.8) is 0 Å². The molecule has 2 fully saturated rings. The van der Waals surface area contributed by atoms with Crippen molar-refractivity contribution in [2.24, 2.45) is 5.73 Å². The first-order chi connectivity index (χ1) is 15.6. The van der Waals surface area contributed by atoms with E-state index in [9.17, 15) is 18.7 Å². The second-order valence-electron chi connectivity index (χ2n) is 6.68. The highest BCUT2D eigenvalue weighted by atomic mass is 31.2. The van der Waals surface area contributed by atoms with Crippen molar-refractivity contribution in [1.29, 1.82) is 0 Å². The van der Waals surface area contributed by atoms with Crippen LogP contribution in [0.4, 0.5) is 0 Å². The van der Waals surface area contributed by atoms with Crippen LogP contribution in [0.15, 0.2) is 0 Å². The number of aliphatic hydroxyl groups is 2. The minimum absolute atomic E-state index is 0.0318. The number of nitrogens with zero attached hydrogens (tertiary/aromatic N) is 1. The molecule has 18 nitrogen and oxygen atoms in total. The second-order valence-corrected chi connectivity index (χ2v) is 9.16. The largest absolute Gasteiger partial charge is 0.480 e. The number of hydrogen-bond acceptors (Lipinski definition) is 12. The summed E-state index contributed by atoms with van der Waals surface area (Å²) in [6, 6.07) is -2.55. The summed E-state index contributed by atoms with van der Waals surface area (Å²) >= 11 is 0. The summed E-state index contributed by atoms with van der Waals surface area (Å²) in [5.74, 6) is -2.58. The number of nitrogens with two attached hydrogens (primary N) is 1. The first-order valence-electron chi connectivity index (χ1n) is 9.40. The lowest BCUT2D eigenvalue weighted by molar-refractivity contribution is -0.145. The van der Waals surface area contributed by atoms with Crippen LogP contribution < -0.4 is 5.73 Å². The van der Waals surface area contributed by atoms with E-state index in [1.165, 1.54) is 0 Å². The molecule has 4 atom stereocenters. The van der Waals surface area contributed by atoms with E-state index >= 15 is 0 Å². The van der Waals surface area contributed by atoms with E-state index < -0.39 is 52.9 Å². The highest BCUT2D eigenvalue weighted by Gasteiger charge is 2.37. The fourth-order valence-corrected chi connectivity index (χ4v) is 2.64. The third kappa shape index (κ3) is 19.2. The Balaban J connectivity index is 0.000000616. The fraction of sp³-hybridized carbons (Fsp3) is 0.857. The Morgan fingerprint density at radius 1 is 0.882 bits per heavy atom. The minimum atomic E-state index is -4.69. The molecule has 2 saturated heterocycles. The molecule has 0 aromatic rings. The molecule has 2 aliphatic rings. The van der Waals surface area contributed by atoms with Gasteiger partial charge in [-0.1, -0.05) is 0 Å². The zero-order valence-electron chi connectivity index (χ0n) is 17.7. The number of rotatable bonds is 14. The van der Waals surface area contributed by atoms with Gasteiger partial charge in [0.05, 0.1) is 51.8 Å². The lowest BCUT2D eigenvalue weighted by atomic mass is 10.2. The Morgan fingerprint density at radius 3 is 1.53 bits per heavy atom. The zero-order valence-corrected chi connectivity index (χ0v) is 19.5. The molecular formula is C14H30N2O16P2. The third-order valence-electron chi connectivity index (χ3n) is 3.65. The van der Waals surface area contributed by atoms with Gasteiger partial charge < -0.3 is 55.2 Å². The predicted molar refractivity (Wildman–Crippen MR) is 108 cm³/mol. The Kier molecular flexibility index (Phi) is 15.3.